The number of rotatable bonds is 7. The lowest BCUT2D eigenvalue weighted by atomic mass is 10.0. The molecule has 1 aliphatic carbocycles. The van der Waals surface area contributed by atoms with Gasteiger partial charge in [-0.2, -0.15) is 0 Å². The van der Waals surface area contributed by atoms with Crippen molar-refractivity contribution in [3.8, 4) is 5.75 Å². The third-order valence-electron chi connectivity index (χ3n) is 3.80. The Bertz CT molecular complexity index is 457. The zero-order chi connectivity index (χ0) is 14.5. The molecule has 2 atom stereocenters. The minimum Gasteiger partial charge on any atom is -0.492 e. The normalized spacial score (nSPS) is 17.4. The second-order valence-corrected chi connectivity index (χ2v) is 5.67. The zero-order valence-corrected chi connectivity index (χ0v) is 12.1. The molecule has 20 heavy (non-hydrogen) atoms. The van der Waals surface area contributed by atoms with Gasteiger partial charge in [0.2, 0.25) is 0 Å². The van der Waals surface area contributed by atoms with Crippen molar-refractivity contribution >= 4 is 5.91 Å². The summed E-state index contributed by atoms with van der Waals surface area (Å²) in [6.07, 6.45) is 2.44. The Balaban J connectivity index is 2.00. The highest BCUT2D eigenvalue weighted by molar-refractivity contribution is 5.97. The monoisotopic (exact) mass is 277 g/mol. The second kappa shape index (κ2) is 6.75. The summed E-state index contributed by atoms with van der Waals surface area (Å²) in [5.41, 5.74) is 0.560. The van der Waals surface area contributed by atoms with Crippen LogP contribution in [0.1, 0.15) is 37.0 Å². The van der Waals surface area contributed by atoms with Crippen molar-refractivity contribution in [1.29, 1.82) is 0 Å². The van der Waals surface area contributed by atoms with Crippen LogP contribution in [0.15, 0.2) is 24.3 Å². The van der Waals surface area contributed by atoms with E-state index in [0.717, 1.165) is 0 Å². The quantitative estimate of drug-likeness (QED) is 0.803. The number of amides is 1. The molecule has 0 heterocycles. The summed E-state index contributed by atoms with van der Waals surface area (Å²) in [5.74, 6) is 1.17. The summed E-state index contributed by atoms with van der Waals surface area (Å²) in [5, 5.41) is 12.0. The van der Waals surface area contributed by atoms with Crippen LogP contribution in [0, 0.1) is 11.8 Å². The van der Waals surface area contributed by atoms with Gasteiger partial charge in [-0.1, -0.05) is 19.1 Å². The Morgan fingerprint density at radius 1 is 1.40 bits per heavy atom. The van der Waals surface area contributed by atoms with Gasteiger partial charge in [-0.25, -0.2) is 0 Å². The molecular weight excluding hydrogens is 254 g/mol. The molecule has 0 aromatic heterocycles. The molecule has 1 aromatic rings. The van der Waals surface area contributed by atoms with Crippen molar-refractivity contribution in [2.24, 2.45) is 11.8 Å². The molecule has 1 saturated carbocycles. The van der Waals surface area contributed by atoms with Crippen LogP contribution in [0.2, 0.25) is 0 Å². The molecule has 110 valence electrons. The highest BCUT2D eigenvalue weighted by Crippen LogP contribution is 2.30. The van der Waals surface area contributed by atoms with E-state index in [1.807, 2.05) is 32.0 Å². The summed E-state index contributed by atoms with van der Waals surface area (Å²) in [6, 6.07) is 7.23. The molecule has 2 N–H and O–H groups in total. The van der Waals surface area contributed by atoms with Crippen LogP contribution in [0.5, 0.6) is 5.75 Å². The number of para-hydroxylation sites is 1. The van der Waals surface area contributed by atoms with Crippen LogP contribution in [-0.4, -0.2) is 30.3 Å². The Morgan fingerprint density at radius 3 is 2.75 bits per heavy atom. The number of aliphatic hydroxyl groups excluding tert-OH is 1. The number of carbonyl (C=O) groups is 1. The molecule has 4 nitrogen and oxygen atoms in total. The van der Waals surface area contributed by atoms with E-state index >= 15 is 0 Å². The van der Waals surface area contributed by atoms with E-state index in [2.05, 4.69) is 5.32 Å². The van der Waals surface area contributed by atoms with E-state index in [-0.39, 0.29) is 24.5 Å². The van der Waals surface area contributed by atoms with E-state index in [0.29, 0.717) is 23.8 Å². The van der Waals surface area contributed by atoms with Crippen molar-refractivity contribution in [2.45, 2.75) is 32.7 Å². The molecule has 2 rings (SSSR count). The number of aliphatic hydroxyl groups is 1. The number of hydrogen-bond acceptors (Lipinski definition) is 3. The molecule has 1 aliphatic rings. The maximum Gasteiger partial charge on any atom is 0.255 e. The van der Waals surface area contributed by atoms with Gasteiger partial charge in [-0.3, -0.25) is 4.79 Å². The molecule has 0 radical (unpaired) electrons. The van der Waals surface area contributed by atoms with Gasteiger partial charge in [0.15, 0.2) is 0 Å². The zero-order valence-electron chi connectivity index (χ0n) is 12.1. The molecule has 0 spiro atoms. The molecule has 1 fully saturated rings. The number of hydrogen-bond donors (Lipinski definition) is 2. The van der Waals surface area contributed by atoms with Gasteiger partial charge in [0.25, 0.3) is 5.91 Å². The van der Waals surface area contributed by atoms with Gasteiger partial charge in [0, 0.05) is 12.6 Å². The van der Waals surface area contributed by atoms with Crippen molar-refractivity contribution in [3.63, 3.8) is 0 Å². The summed E-state index contributed by atoms with van der Waals surface area (Å²) in [4.78, 5) is 12.3. The van der Waals surface area contributed by atoms with E-state index < -0.39 is 0 Å². The first-order valence-electron chi connectivity index (χ1n) is 7.25. The summed E-state index contributed by atoms with van der Waals surface area (Å²) in [6.45, 7) is 4.54. The lowest BCUT2D eigenvalue weighted by Gasteiger charge is -2.20. The van der Waals surface area contributed by atoms with Crippen molar-refractivity contribution in [2.75, 3.05) is 13.2 Å². The van der Waals surface area contributed by atoms with Crippen LogP contribution >= 0.6 is 0 Å². The fourth-order valence-corrected chi connectivity index (χ4v) is 1.86. The van der Waals surface area contributed by atoms with E-state index in [4.69, 9.17) is 9.84 Å². The lowest BCUT2D eigenvalue weighted by Crippen LogP contribution is -2.38. The van der Waals surface area contributed by atoms with Crippen molar-refractivity contribution in [3.05, 3.63) is 29.8 Å². The fraction of sp³-hybridized carbons (Fsp3) is 0.562. The topological polar surface area (TPSA) is 58.6 Å². The van der Waals surface area contributed by atoms with Crippen molar-refractivity contribution in [1.82, 2.24) is 5.32 Å². The first kappa shape index (κ1) is 14.9. The predicted octanol–water partition coefficient (Wildman–Crippen LogP) is 2.22. The van der Waals surface area contributed by atoms with E-state index in [9.17, 15) is 4.79 Å². The van der Waals surface area contributed by atoms with E-state index in [1.54, 1.807) is 6.07 Å². The maximum atomic E-state index is 12.3. The minimum absolute atomic E-state index is 0.0264. The van der Waals surface area contributed by atoms with Gasteiger partial charge >= 0.3 is 0 Å². The van der Waals surface area contributed by atoms with Crippen LogP contribution < -0.4 is 10.1 Å². The molecule has 4 heteroatoms. The standard InChI is InChI=1S/C16H23NO3/c1-11(9-18)12(2)17-16(19)14-5-3-4-6-15(14)20-10-13-7-8-13/h3-6,11-13,18H,7-10H2,1-2H3,(H,17,19). The van der Waals surface area contributed by atoms with Crippen LogP contribution in [0.4, 0.5) is 0 Å². The first-order valence-corrected chi connectivity index (χ1v) is 7.25. The van der Waals surface area contributed by atoms with Crippen LogP contribution in [0.3, 0.4) is 0 Å². The fourth-order valence-electron chi connectivity index (χ4n) is 1.86. The van der Waals surface area contributed by atoms with Gasteiger partial charge < -0.3 is 15.2 Å². The number of benzene rings is 1. The number of carbonyl (C=O) groups excluding carboxylic acids is 1. The number of ether oxygens (including phenoxy) is 1. The molecule has 2 unspecified atom stereocenters. The predicted molar refractivity (Wildman–Crippen MR) is 77.8 cm³/mol. The van der Waals surface area contributed by atoms with E-state index in [1.165, 1.54) is 12.8 Å². The molecular formula is C16H23NO3. The van der Waals surface area contributed by atoms with Crippen LogP contribution in [0.25, 0.3) is 0 Å². The highest BCUT2D eigenvalue weighted by Gasteiger charge is 2.23. The highest BCUT2D eigenvalue weighted by atomic mass is 16.5. The van der Waals surface area contributed by atoms with Gasteiger partial charge in [-0.15, -0.1) is 0 Å². The third kappa shape index (κ3) is 3.97. The molecule has 0 saturated heterocycles. The lowest BCUT2D eigenvalue weighted by molar-refractivity contribution is 0.0912. The average Bonchev–Trinajstić information content (AvgIpc) is 3.28. The minimum atomic E-state index is -0.149. The smallest absolute Gasteiger partial charge is 0.255 e. The van der Waals surface area contributed by atoms with Gasteiger partial charge in [0.05, 0.1) is 12.2 Å². The van der Waals surface area contributed by atoms with Crippen molar-refractivity contribution < 1.29 is 14.6 Å². The van der Waals surface area contributed by atoms with Gasteiger partial charge in [-0.05, 0) is 43.7 Å². The summed E-state index contributed by atoms with van der Waals surface area (Å²) >= 11 is 0. The average molecular weight is 277 g/mol. The largest absolute Gasteiger partial charge is 0.492 e. The first-order chi connectivity index (χ1) is 9.61. The maximum absolute atomic E-state index is 12.3. The SMILES string of the molecule is CC(CO)C(C)NC(=O)c1ccccc1OCC1CC1. The molecule has 0 aliphatic heterocycles. The Hall–Kier alpha value is -1.55. The second-order valence-electron chi connectivity index (χ2n) is 5.67. The Labute approximate surface area is 120 Å². The van der Waals surface area contributed by atoms with Crippen LogP contribution in [-0.2, 0) is 0 Å². The summed E-state index contributed by atoms with van der Waals surface area (Å²) in [7, 11) is 0. The molecule has 0 bridgehead atoms. The Morgan fingerprint density at radius 2 is 2.10 bits per heavy atom. The van der Waals surface area contributed by atoms with Gasteiger partial charge in [0.1, 0.15) is 5.75 Å². The summed E-state index contributed by atoms with van der Waals surface area (Å²) < 4.78 is 5.74. The Kier molecular flexibility index (Phi) is 5.01. The number of nitrogens with one attached hydrogen (secondary N) is 1. The molecule has 1 aromatic carbocycles. The molecule has 1 amide bonds. The third-order valence-corrected chi connectivity index (χ3v) is 3.80.